The summed E-state index contributed by atoms with van der Waals surface area (Å²) in [4.78, 5) is 4.53. The smallest absolute Gasteiger partial charge is 0.191 e. The second kappa shape index (κ2) is 14.9. The molecular formula is C16H28IN3O2. The first kappa shape index (κ1) is 21.0. The van der Waals surface area contributed by atoms with Gasteiger partial charge in [0.05, 0.1) is 6.26 Å². The molecule has 1 rings (SSSR count). The highest BCUT2D eigenvalue weighted by atomic mass is 127. The first-order chi connectivity index (χ1) is 10.4. The van der Waals surface area contributed by atoms with E-state index in [-0.39, 0.29) is 30.6 Å². The third-order valence-corrected chi connectivity index (χ3v) is 2.99. The van der Waals surface area contributed by atoms with Gasteiger partial charge >= 0.3 is 0 Å². The van der Waals surface area contributed by atoms with Gasteiger partial charge in [0, 0.05) is 32.7 Å². The zero-order valence-electron chi connectivity index (χ0n) is 13.1. The molecule has 5 nitrogen and oxygen atoms in total. The molecule has 0 aliphatic carbocycles. The first-order valence-electron chi connectivity index (χ1n) is 7.63. The Kier molecular flexibility index (Phi) is 14.2. The predicted octanol–water partition coefficient (Wildman–Crippen LogP) is 2.71. The van der Waals surface area contributed by atoms with Crippen molar-refractivity contribution in [3.63, 3.8) is 0 Å². The standard InChI is InChI=1S/C16H27N3O2.HI/c1-2-10-17-16(18-11-5-3-4-6-13-20)19-12-9-15-8-7-14-21-15;/h2,7-8,14,20H,1,3-6,9-13H2,(H2,17,18,19);1H. The number of guanidine groups is 1. The zero-order valence-corrected chi connectivity index (χ0v) is 15.4. The van der Waals surface area contributed by atoms with Gasteiger partial charge in [0.15, 0.2) is 5.96 Å². The summed E-state index contributed by atoms with van der Waals surface area (Å²) in [5, 5.41) is 15.2. The van der Waals surface area contributed by atoms with Crippen molar-refractivity contribution in [3.8, 4) is 0 Å². The van der Waals surface area contributed by atoms with E-state index >= 15 is 0 Å². The minimum atomic E-state index is 0. The Morgan fingerprint density at radius 3 is 2.77 bits per heavy atom. The van der Waals surface area contributed by atoms with Crippen molar-refractivity contribution in [1.82, 2.24) is 10.6 Å². The molecule has 3 N–H and O–H groups in total. The maximum atomic E-state index is 8.72. The van der Waals surface area contributed by atoms with Crippen molar-refractivity contribution < 1.29 is 9.52 Å². The van der Waals surface area contributed by atoms with E-state index < -0.39 is 0 Å². The lowest BCUT2D eigenvalue weighted by Gasteiger charge is -2.10. The maximum Gasteiger partial charge on any atom is 0.191 e. The summed E-state index contributed by atoms with van der Waals surface area (Å²) < 4.78 is 5.30. The number of hydrogen-bond acceptors (Lipinski definition) is 3. The summed E-state index contributed by atoms with van der Waals surface area (Å²) >= 11 is 0. The molecule has 1 aromatic heterocycles. The maximum absolute atomic E-state index is 8.72. The summed E-state index contributed by atoms with van der Waals surface area (Å²) in [6.45, 7) is 6.24. The molecule has 0 fully saturated rings. The Hall–Kier alpha value is -1.02. The Bertz CT molecular complexity index is 394. The van der Waals surface area contributed by atoms with Gasteiger partial charge in [-0.05, 0) is 25.0 Å². The average molecular weight is 421 g/mol. The van der Waals surface area contributed by atoms with E-state index in [1.165, 1.54) is 0 Å². The summed E-state index contributed by atoms with van der Waals surface area (Å²) in [5.41, 5.74) is 0. The highest BCUT2D eigenvalue weighted by Crippen LogP contribution is 2.00. The number of unbranched alkanes of at least 4 members (excludes halogenated alkanes) is 3. The number of nitrogens with one attached hydrogen (secondary N) is 2. The van der Waals surface area contributed by atoms with Crippen LogP contribution in [-0.2, 0) is 6.42 Å². The molecule has 0 atom stereocenters. The van der Waals surface area contributed by atoms with Crippen LogP contribution in [0.15, 0.2) is 40.5 Å². The molecule has 0 unspecified atom stereocenters. The van der Waals surface area contributed by atoms with Crippen LogP contribution in [0.1, 0.15) is 31.4 Å². The van der Waals surface area contributed by atoms with Gasteiger partial charge in [-0.2, -0.15) is 0 Å². The number of hydrogen-bond donors (Lipinski definition) is 3. The Morgan fingerprint density at radius 2 is 2.09 bits per heavy atom. The van der Waals surface area contributed by atoms with Gasteiger partial charge in [0.1, 0.15) is 5.76 Å². The van der Waals surface area contributed by atoms with Crippen LogP contribution in [0.25, 0.3) is 0 Å². The van der Waals surface area contributed by atoms with Crippen molar-refractivity contribution >= 4 is 29.9 Å². The number of aliphatic hydroxyl groups excluding tert-OH is 1. The molecule has 6 heteroatoms. The highest BCUT2D eigenvalue weighted by Gasteiger charge is 1.99. The summed E-state index contributed by atoms with van der Waals surface area (Å²) in [5.74, 6) is 1.78. The van der Waals surface area contributed by atoms with E-state index in [4.69, 9.17) is 9.52 Å². The molecule has 0 amide bonds. The van der Waals surface area contributed by atoms with Crippen LogP contribution in [0.4, 0.5) is 0 Å². The minimum Gasteiger partial charge on any atom is -0.469 e. The summed E-state index contributed by atoms with van der Waals surface area (Å²) in [6, 6.07) is 3.86. The summed E-state index contributed by atoms with van der Waals surface area (Å²) in [6.07, 6.45) is 8.42. The van der Waals surface area contributed by atoms with Gasteiger partial charge in [-0.15, -0.1) is 30.6 Å². The lowest BCUT2D eigenvalue weighted by atomic mass is 10.2. The van der Waals surface area contributed by atoms with Crippen LogP contribution in [0.2, 0.25) is 0 Å². The fraction of sp³-hybridized carbons (Fsp3) is 0.562. The van der Waals surface area contributed by atoms with Gasteiger partial charge in [0.2, 0.25) is 0 Å². The number of nitrogens with zero attached hydrogens (tertiary/aromatic N) is 1. The topological polar surface area (TPSA) is 69.8 Å². The van der Waals surface area contributed by atoms with Crippen molar-refractivity contribution in [1.29, 1.82) is 0 Å². The van der Waals surface area contributed by atoms with Crippen LogP contribution >= 0.6 is 24.0 Å². The molecule has 0 saturated carbocycles. The van der Waals surface area contributed by atoms with E-state index in [1.807, 2.05) is 18.2 Å². The Labute approximate surface area is 150 Å². The largest absolute Gasteiger partial charge is 0.469 e. The Morgan fingerprint density at radius 1 is 1.27 bits per heavy atom. The molecule has 1 aromatic rings. The molecule has 0 spiro atoms. The SMILES string of the molecule is C=CCNC(=NCCCCCCO)NCCc1ccco1.I. The third-order valence-electron chi connectivity index (χ3n) is 2.99. The molecule has 0 bridgehead atoms. The van der Waals surface area contributed by atoms with Gasteiger partial charge < -0.3 is 20.2 Å². The van der Waals surface area contributed by atoms with Gasteiger partial charge in [0.25, 0.3) is 0 Å². The van der Waals surface area contributed by atoms with Crippen molar-refractivity contribution in [2.45, 2.75) is 32.1 Å². The van der Waals surface area contributed by atoms with Gasteiger partial charge in [-0.3, -0.25) is 4.99 Å². The normalized spacial score (nSPS) is 10.9. The minimum absolute atomic E-state index is 0. The highest BCUT2D eigenvalue weighted by molar-refractivity contribution is 14.0. The van der Waals surface area contributed by atoms with Crippen LogP contribution < -0.4 is 10.6 Å². The molecule has 22 heavy (non-hydrogen) atoms. The molecule has 0 aliphatic rings. The molecule has 1 heterocycles. The second-order valence-electron chi connectivity index (χ2n) is 4.79. The molecule has 0 aliphatic heterocycles. The molecule has 0 saturated heterocycles. The number of halogens is 1. The predicted molar refractivity (Wildman–Crippen MR) is 102 cm³/mol. The Balaban J connectivity index is 0.00000441. The van der Waals surface area contributed by atoms with Gasteiger partial charge in [-0.25, -0.2) is 0 Å². The van der Waals surface area contributed by atoms with Crippen molar-refractivity contribution in [2.75, 3.05) is 26.2 Å². The number of furan rings is 1. The lowest BCUT2D eigenvalue weighted by molar-refractivity contribution is 0.282. The molecule has 0 aromatic carbocycles. The first-order valence-corrected chi connectivity index (χ1v) is 7.63. The molecule has 126 valence electrons. The van der Waals surface area contributed by atoms with Crippen LogP contribution in [0.3, 0.4) is 0 Å². The van der Waals surface area contributed by atoms with Crippen molar-refractivity contribution in [3.05, 3.63) is 36.8 Å². The molecule has 0 radical (unpaired) electrons. The van der Waals surface area contributed by atoms with E-state index in [2.05, 4.69) is 22.2 Å². The van der Waals surface area contributed by atoms with E-state index in [0.717, 1.165) is 56.9 Å². The number of rotatable bonds is 11. The van der Waals surface area contributed by atoms with Crippen molar-refractivity contribution in [2.24, 2.45) is 4.99 Å². The summed E-state index contributed by atoms with van der Waals surface area (Å²) in [7, 11) is 0. The number of aliphatic hydroxyl groups is 1. The number of aliphatic imine (C=N–C) groups is 1. The van der Waals surface area contributed by atoms with Crippen LogP contribution in [0, 0.1) is 0 Å². The van der Waals surface area contributed by atoms with Crippen LogP contribution in [0.5, 0.6) is 0 Å². The van der Waals surface area contributed by atoms with Gasteiger partial charge in [-0.1, -0.05) is 18.9 Å². The van der Waals surface area contributed by atoms with Crippen LogP contribution in [-0.4, -0.2) is 37.3 Å². The molecular weight excluding hydrogens is 393 g/mol. The second-order valence-corrected chi connectivity index (χ2v) is 4.79. The fourth-order valence-corrected chi connectivity index (χ4v) is 1.87. The quantitative estimate of drug-likeness (QED) is 0.169. The van der Waals surface area contributed by atoms with E-state index in [1.54, 1.807) is 6.26 Å². The fourth-order valence-electron chi connectivity index (χ4n) is 1.87. The van der Waals surface area contributed by atoms with E-state index in [0.29, 0.717) is 6.54 Å². The van der Waals surface area contributed by atoms with E-state index in [9.17, 15) is 0 Å². The zero-order chi connectivity index (χ0) is 15.2. The monoisotopic (exact) mass is 421 g/mol. The lowest BCUT2D eigenvalue weighted by Crippen LogP contribution is -2.38. The average Bonchev–Trinajstić information content (AvgIpc) is 3.01. The third kappa shape index (κ3) is 10.7.